The number of para-hydroxylation sites is 1. The summed E-state index contributed by atoms with van der Waals surface area (Å²) in [4.78, 5) is 12.5. The van der Waals surface area contributed by atoms with Crippen molar-refractivity contribution in [3.8, 4) is 5.75 Å². The van der Waals surface area contributed by atoms with E-state index in [4.69, 9.17) is 4.74 Å². The molecule has 0 spiro atoms. The van der Waals surface area contributed by atoms with Gasteiger partial charge in [0.1, 0.15) is 5.75 Å². The van der Waals surface area contributed by atoms with Crippen LogP contribution in [-0.4, -0.2) is 38.5 Å². The molecule has 0 aliphatic rings. The SMILES string of the molecule is COc1ccccc1[C@H](C)NC(=O)CN(Cc1ccc(C)cc1)S(C)(=O)=O. The number of hydrogen-bond acceptors (Lipinski definition) is 4. The van der Waals surface area contributed by atoms with Gasteiger partial charge in [0.15, 0.2) is 0 Å². The van der Waals surface area contributed by atoms with Crippen molar-refractivity contribution in [2.45, 2.75) is 26.4 Å². The van der Waals surface area contributed by atoms with Gasteiger partial charge in [-0.05, 0) is 25.5 Å². The van der Waals surface area contributed by atoms with Crippen molar-refractivity contribution in [1.29, 1.82) is 0 Å². The third kappa shape index (κ3) is 6.08. The number of nitrogens with zero attached hydrogens (tertiary/aromatic N) is 1. The van der Waals surface area contributed by atoms with Gasteiger partial charge in [-0.2, -0.15) is 4.31 Å². The van der Waals surface area contributed by atoms with Gasteiger partial charge in [-0.15, -0.1) is 0 Å². The Balaban J connectivity index is 2.08. The summed E-state index contributed by atoms with van der Waals surface area (Å²) in [5.74, 6) is 0.302. The second kappa shape index (κ2) is 9.01. The van der Waals surface area contributed by atoms with Crippen LogP contribution in [0.1, 0.15) is 29.7 Å². The second-order valence-corrected chi connectivity index (χ2v) is 8.53. The van der Waals surface area contributed by atoms with E-state index in [0.717, 1.165) is 22.9 Å². The van der Waals surface area contributed by atoms with Gasteiger partial charge in [0.05, 0.1) is 26.0 Å². The number of nitrogens with one attached hydrogen (secondary N) is 1. The average Bonchev–Trinajstić information content (AvgIpc) is 2.62. The van der Waals surface area contributed by atoms with E-state index in [0.29, 0.717) is 5.75 Å². The molecule has 0 radical (unpaired) electrons. The zero-order chi connectivity index (χ0) is 20.0. The Morgan fingerprint density at radius 2 is 1.78 bits per heavy atom. The number of aryl methyl sites for hydroxylation is 1. The summed E-state index contributed by atoms with van der Waals surface area (Å²) in [6.07, 6.45) is 1.11. The van der Waals surface area contributed by atoms with Gasteiger partial charge in [0.25, 0.3) is 0 Å². The van der Waals surface area contributed by atoms with Gasteiger partial charge >= 0.3 is 0 Å². The molecule has 0 saturated carbocycles. The number of ether oxygens (including phenoxy) is 1. The highest BCUT2D eigenvalue weighted by Gasteiger charge is 2.22. The lowest BCUT2D eigenvalue weighted by molar-refractivity contribution is -0.122. The fourth-order valence-electron chi connectivity index (χ4n) is 2.74. The van der Waals surface area contributed by atoms with Crippen molar-refractivity contribution in [2.24, 2.45) is 0 Å². The third-order valence-electron chi connectivity index (χ3n) is 4.25. The molecule has 1 atom stereocenters. The van der Waals surface area contributed by atoms with Crippen LogP contribution in [0.25, 0.3) is 0 Å². The normalized spacial score (nSPS) is 12.6. The quantitative estimate of drug-likeness (QED) is 0.752. The minimum atomic E-state index is -3.53. The van der Waals surface area contributed by atoms with Crippen LogP contribution in [0.15, 0.2) is 48.5 Å². The lowest BCUT2D eigenvalue weighted by Gasteiger charge is -2.22. The average molecular weight is 391 g/mol. The van der Waals surface area contributed by atoms with Crippen molar-refractivity contribution in [1.82, 2.24) is 9.62 Å². The first-order valence-electron chi connectivity index (χ1n) is 8.63. The first-order chi connectivity index (χ1) is 12.7. The maximum absolute atomic E-state index is 12.5. The van der Waals surface area contributed by atoms with E-state index < -0.39 is 10.0 Å². The van der Waals surface area contributed by atoms with Crippen LogP contribution >= 0.6 is 0 Å². The summed E-state index contributed by atoms with van der Waals surface area (Å²) in [5.41, 5.74) is 2.75. The van der Waals surface area contributed by atoms with Gasteiger partial charge < -0.3 is 10.1 Å². The number of amides is 1. The molecule has 27 heavy (non-hydrogen) atoms. The van der Waals surface area contributed by atoms with Crippen molar-refractivity contribution in [3.05, 3.63) is 65.2 Å². The highest BCUT2D eigenvalue weighted by molar-refractivity contribution is 7.88. The highest BCUT2D eigenvalue weighted by Crippen LogP contribution is 2.24. The van der Waals surface area contributed by atoms with Gasteiger partial charge in [-0.25, -0.2) is 8.42 Å². The van der Waals surface area contributed by atoms with Crippen molar-refractivity contribution in [2.75, 3.05) is 19.9 Å². The summed E-state index contributed by atoms with van der Waals surface area (Å²) in [6, 6.07) is 14.6. The van der Waals surface area contributed by atoms with E-state index in [1.807, 2.05) is 62.4 Å². The van der Waals surface area contributed by atoms with Crippen molar-refractivity contribution in [3.63, 3.8) is 0 Å². The Kier molecular flexibility index (Phi) is 6.98. The van der Waals surface area contributed by atoms with Crippen LogP contribution in [0.5, 0.6) is 5.75 Å². The lowest BCUT2D eigenvalue weighted by atomic mass is 10.1. The van der Waals surface area contributed by atoms with Gasteiger partial charge in [0.2, 0.25) is 15.9 Å². The molecule has 2 rings (SSSR count). The first kappa shape index (κ1) is 20.9. The first-order valence-corrected chi connectivity index (χ1v) is 10.5. The minimum Gasteiger partial charge on any atom is -0.496 e. The number of carbonyl (C=O) groups excluding carboxylic acids is 1. The van der Waals surface area contributed by atoms with Gasteiger partial charge in [-0.1, -0.05) is 48.0 Å². The molecular formula is C20H26N2O4S. The molecule has 1 amide bonds. The molecule has 0 fully saturated rings. The monoisotopic (exact) mass is 390 g/mol. The third-order valence-corrected chi connectivity index (χ3v) is 5.45. The molecule has 2 aromatic rings. The molecular weight excluding hydrogens is 364 g/mol. The molecule has 2 aromatic carbocycles. The van der Waals surface area contributed by atoms with E-state index >= 15 is 0 Å². The predicted molar refractivity (Wildman–Crippen MR) is 106 cm³/mol. The molecule has 0 heterocycles. The standard InChI is InChI=1S/C20H26N2O4S/c1-15-9-11-17(12-10-15)13-22(27(4,24)25)14-20(23)21-16(2)18-7-5-6-8-19(18)26-3/h5-12,16H,13-14H2,1-4H3,(H,21,23)/t16-/m0/s1. The van der Waals surface area contributed by atoms with Crippen LogP contribution in [-0.2, 0) is 21.4 Å². The van der Waals surface area contributed by atoms with E-state index in [-0.39, 0.29) is 25.0 Å². The number of methoxy groups -OCH3 is 1. The molecule has 6 nitrogen and oxygen atoms in total. The van der Waals surface area contributed by atoms with E-state index in [1.165, 1.54) is 4.31 Å². The molecule has 0 unspecified atom stereocenters. The van der Waals surface area contributed by atoms with Crippen LogP contribution < -0.4 is 10.1 Å². The van der Waals surface area contributed by atoms with Gasteiger partial charge in [0, 0.05) is 12.1 Å². The van der Waals surface area contributed by atoms with E-state index in [2.05, 4.69) is 5.32 Å². The molecule has 0 aliphatic carbocycles. The Morgan fingerprint density at radius 3 is 2.37 bits per heavy atom. The Morgan fingerprint density at radius 1 is 1.15 bits per heavy atom. The number of sulfonamides is 1. The second-order valence-electron chi connectivity index (χ2n) is 6.55. The molecule has 146 valence electrons. The topological polar surface area (TPSA) is 75.7 Å². The van der Waals surface area contributed by atoms with Crippen molar-refractivity contribution >= 4 is 15.9 Å². The predicted octanol–water partition coefficient (Wildman–Crippen LogP) is 2.64. The summed E-state index contributed by atoms with van der Waals surface area (Å²) in [7, 11) is -1.96. The Labute approximate surface area is 161 Å². The van der Waals surface area contributed by atoms with Gasteiger partial charge in [-0.3, -0.25) is 4.79 Å². The fourth-order valence-corrected chi connectivity index (χ4v) is 3.47. The molecule has 0 aliphatic heterocycles. The molecule has 0 saturated heterocycles. The zero-order valence-electron chi connectivity index (χ0n) is 16.1. The summed E-state index contributed by atoms with van der Waals surface area (Å²) in [5, 5.41) is 2.84. The van der Waals surface area contributed by atoms with Crippen molar-refractivity contribution < 1.29 is 17.9 Å². The molecule has 0 bridgehead atoms. The maximum Gasteiger partial charge on any atom is 0.235 e. The lowest BCUT2D eigenvalue weighted by Crippen LogP contribution is -2.40. The molecule has 7 heteroatoms. The number of rotatable bonds is 8. The van der Waals surface area contributed by atoms with E-state index in [1.54, 1.807) is 7.11 Å². The van der Waals surface area contributed by atoms with Crippen LogP contribution in [0, 0.1) is 6.92 Å². The largest absolute Gasteiger partial charge is 0.496 e. The van der Waals surface area contributed by atoms with Crippen LogP contribution in [0.3, 0.4) is 0 Å². The minimum absolute atomic E-state index is 0.148. The number of benzene rings is 2. The fraction of sp³-hybridized carbons (Fsp3) is 0.350. The Bertz CT molecular complexity index is 879. The highest BCUT2D eigenvalue weighted by atomic mass is 32.2. The van der Waals surface area contributed by atoms with Crippen LogP contribution in [0.4, 0.5) is 0 Å². The van der Waals surface area contributed by atoms with E-state index in [9.17, 15) is 13.2 Å². The number of hydrogen-bond donors (Lipinski definition) is 1. The van der Waals surface area contributed by atoms with Crippen LogP contribution in [0.2, 0.25) is 0 Å². The summed E-state index contributed by atoms with van der Waals surface area (Å²) < 4.78 is 30.7. The maximum atomic E-state index is 12.5. The smallest absolute Gasteiger partial charge is 0.235 e. The summed E-state index contributed by atoms with van der Waals surface area (Å²) in [6.45, 7) is 3.70. The molecule has 1 N–H and O–H groups in total. The Hall–Kier alpha value is -2.38. The summed E-state index contributed by atoms with van der Waals surface area (Å²) >= 11 is 0. The molecule has 0 aromatic heterocycles. The zero-order valence-corrected chi connectivity index (χ0v) is 16.9. The number of carbonyl (C=O) groups is 1.